The number of allylic oxidation sites excluding steroid dienone is 2. The van der Waals surface area contributed by atoms with E-state index in [1.807, 2.05) is 12.1 Å². The minimum absolute atomic E-state index is 0.00257. The first kappa shape index (κ1) is 30.4. The van der Waals surface area contributed by atoms with Gasteiger partial charge in [-0.3, -0.25) is 9.69 Å². The average molecular weight is 552 g/mol. The van der Waals surface area contributed by atoms with Crippen LogP contribution < -0.4 is 0 Å². The van der Waals surface area contributed by atoms with Gasteiger partial charge in [-0.05, 0) is 48.8 Å². The van der Waals surface area contributed by atoms with Crippen molar-refractivity contribution >= 4 is 5.97 Å². The van der Waals surface area contributed by atoms with Crippen LogP contribution in [0.3, 0.4) is 0 Å². The highest BCUT2D eigenvalue weighted by Crippen LogP contribution is 2.36. The maximum absolute atomic E-state index is 11.6. The zero-order valence-electron chi connectivity index (χ0n) is 23.8. The Kier molecular flexibility index (Phi) is 12.7. The normalized spacial score (nSPS) is 23.6. The lowest BCUT2D eigenvalue weighted by molar-refractivity contribution is -0.153. The van der Waals surface area contributed by atoms with Crippen molar-refractivity contribution in [1.82, 2.24) is 4.90 Å². The second kappa shape index (κ2) is 16.7. The van der Waals surface area contributed by atoms with E-state index in [9.17, 15) is 9.90 Å². The number of hydrogen-bond acceptors (Lipinski definition) is 7. The van der Waals surface area contributed by atoms with E-state index in [4.69, 9.17) is 18.9 Å². The maximum Gasteiger partial charge on any atom is 0.308 e. The predicted molar refractivity (Wildman–Crippen MR) is 156 cm³/mol. The molecule has 0 aromatic heterocycles. The van der Waals surface area contributed by atoms with E-state index < -0.39 is 6.10 Å². The number of methoxy groups -OCH3 is 1. The van der Waals surface area contributed by atoms with Gasteiger partial charge in [0.1, 0.15) is 0 Å². The molecule has 4 rings (SSSR count). The van der Waals surface area contributed by atoms with Crippen LogP contribution in [0.25, 0.3) is 11.1 Å². The van der Waals surface area contributed by atoms with Gasteiger partial charge in [-0.15, -0.1) is 0 Å². The summed E-state index contributed by atoms with van der Waals surface area (Å²) >= 11 is 0. The second-order valence-electron chi connectivity index (χ2n) is 10.7. The molecule has 1 aliphatic heterocycles. The number of carbonyl (C=O) groups is 1. The molecule has 1 saturated heterocycles. The monoisotopic (exact) mass is 551 g/mol. The molecule has 2 fully saturated rings. The molecular formula is C33H45NO6. The van der Waals surface area contributed by atoms with E-state index in [2.05, 4.69) is 59.5 Å². The van der Waals surface area contributed by atoms with Crippen LogP contribution >= 0.6 is 0 Å². The van der Waals surface area contributed by atoms with Crippen LogP contribution in [-0.2, 0) is 30.2 Å². The highest BCUT2D eigenvalue weighted by molar-refractivity contribution is 5.69. The number of esters is 1. The van der Waals surface area contributed by atoms with Gasteiger partial charge in [0.15, 0.2) is 6.79 Å². The Morgan fingerprint density at radius 1 is 1.02 bits per heavy atom. The van der Waals surface area contributed by atoms with Crippen LogP contribution in [0.1, 0.15) is 44.1 Å². The van der Waals surface area contributed by atoms with Crippen LogP contribution in [0.2, 0.25) is 0 Å². The fourth-order valence-electron chi connectivity index (χ4n) is 5.92. The van der Waals surface area contributed by atoms with Gasteiger partial charge in [0, 0.05) is 51.6 Å². The molecular weight excluding hydrogens is 506 g/mol. The van der Waals surface area contributed by atoms with Gasteiger partial charge in [-0.25, -0.2) is 0 Å². The van der Waals surface area contributed by atoms with Crippen LogP contribution in [-0.4, -0.2) is 81.0 Å². The molecule has 2 aliphatic rings. The third-order valence-corrected chi connectivity index (χ3v) is 7.94. The Morgan fingerprint density at radius 2 is 1.75 bits per heavy atom. The van der Waals surface area contributed by atoms with Crippen LogP contribution in [0, 0.1) is 5.92 Å². The maximum atomic E-state index is 11.6. The molecule has 1 saturated carbocycles. The Morgan fingerprint density at radius 3 is 2.50 bits per heavy atom. The average Bonchev–Trinajstić information content (AvgIpc) is 3.31. The van der Waals surface area contributed by atoms with E-state index in [1.54, 1.807) is 0 Å². The van der Waals surface area contributed by atoms with Crippen molar-refractivity contribution in [3.63, 3.8) is 0 Å². The zero-order valence-corrected chi connectivity index (χ0v) is 23.8. The van der Waals surface area contributed by atoms with Crippen molar-refractivity contribution in [3.05, 3.63) is 72.3 Å². The molecule has 2 aromatic carbocycles. The first-order valence-electron chi connectivity index (χ1n) is 14.7. The first-order chi connectivity index (χ1) is 19.7. The minimum Gasteiger partial charge on any atom is -0.438 e. The van der Waals surface area contributed by atoms with Crippen molar-refractivity contribution in [2.45, 2.75) is 63.2 Å². The number of ether oxygens (including phenoxy) is 4. The molecule has 0 unspecified atom stereocenters. The summed E-state index contributed by atoms with van der Waals surface area (Å²) in [5, 5.41) is 11.1. The van der Waals surface area contributed by atoms with E-state index in [0.29, 0.717) is 39.1 Å². The number of benzene rings is 2. The molecule has 1 N–H and O–H groups in total. The Balaban J connectivity index is 1.25. The number of aliphatic hydroxyl groups excluding tert-OH is 1. The van der Waals surface area contributed by atoms with E-state index in [1.165, 1.54) is 23.8 Å². The van der Waals surface area contributed by atoms with Crippen LogP contribution in [0.15, 0.2) is 66.7 Å². The molecule has 7 heteroatoms. The Bertz CT molecular complexity index is 1020. The molecule has 2 aromatic rings. The lowest BCUT2D eigenvalue weighted by atomic mass is 9.93. The summed E-state index contributed by atoms with van der Waals surface area (Å²) in [4.78, 5) is 14.0. The van der Waals surface area contributed by atoms with Crippen LogP contribution in [0.4, 0.5) is 0 Å². The third-order valence-electron chi connectivity index (χ3n) is 7.94. The number of aliphatic hydroxyl groups is 1. The predicted octanol–water partition coefficient (Wildman–Crippen LogP) is 5.02. The highest BCUT2D eigenvalue weighted by atomic mass is 16.7. The van der Waals surface area contributed by atoms with E-state index in [0.717, 1.165) is 38.8 Å². The smallest absolute Gasteiger partial charge is 0.308 e. The summed E-state index contributed by atoms with van der Waals surface area (Å²) < 4.78 is 21.7. The number of nitrogens with zero attached hydrogens (tertiary/aromatic N) is 1. The number of carbonyl (C=O) groups excluding carboxylic acids is 1. The highest BCUT2D eigenvalue weighted by Gasteiger charge is 2.45. The molecule has 0 bridgehead atoms. The van der Waals surface area contributed by atoms with Crippen molar-refractivity contribution in [1.29, 1.82) is 0 Å². The molecule has 0 amide bonds. The number of morpholine rings is 1. The molecule has 0 spiro atoms. The summed E-state index contributed by atoms with van der Waals surface area (Å²) in [6.45, 7) is 3.81. The van der Waals surface area contributed by atoms with E-state index >= 15 is 0 Å². The first-order valence-corrected chi connectivity index (χ1v) is 14.7. The van der Waals surface area contributed by atoms with Gasteiger partial charge in [0.05, 0.1) is 25.4 Å². The van der Waals surface area contributed by atoms with E-state index in [-0.39, 0.29) is 30.8 Å². The summed E-state index contributed by atoms with van der Waals surface area (Å²) in [6.07, 6.45) is 9.25. The standard InChI is InChI=1S/C33H45NO6/c1-37-25-40-32(36)14-8-3-2-7-13-29-31(24-30(35)33(29)34-19-22-38-23-20-34)39-21-9-10-26-15-17-28(18-16-26)27-11-5-4-6-12-27/h2-6,11-12,15-18,29-31,33,35H,7-10,13-14,19-25H2,1H3/t29-,30+,31-,33+/m0/s1. The summed E-state index contributed by atoms with van der Waals surface area (Å²) in [6, 6.07) is 19.3. The van der Waals surface area contributed by atoms with Gasteiger partial charge in [0.25, 0.3) is 0 Å². The fourth-order valence-corrected chi connectivity index (χ4v) is 5.92. The Labute approximate surface area is 239 Å². The molecule has 1 heterocycles. The largest absolute Gasteiger partial charge is 0.438 e. The van der Waals surface area contributed by atoms with Crippen molar-refractivity contribution in [2.24, 2.45) is 5.92 Å². The van der Waals surface area contributed by atoms with Gasteiger partial charge < -0.3 is 24.1 Å². The van der Waals surface area contributed by atoms with Gasteiger partial charge >= 0.3 is 5.97 Å². The molecule has 0 radical (unpaired) electrons. The van der Waals surface area contributed by atoms with Gasteiger partial charge in [0.2, 0.25) is 0 Å². The number of aryl methyl sites for hydroxylation is 1. The molecule has 1 aliphatic carbocycles. The summed E-state index contributed by atoms with van der Waals surface area (Å²) in [5.74, 6) is 0.00738. The topological polar surface area (TPSA) is 77.5 Å². The number of hydrogen-bond donors (Lipinski definition) is 1. The zero-order chi connectivity index (χ0) is 28.0. The van der Waals surface area contributed by atoms with Gasteiger partial charge in [-0.1, -0.05) is 66.7 Å². The molecule has 40 heavy (non-hydrogen) atoms. The van der Waals surface area contributed by atoms with Gasteiger partial charge in [-0.2, -0.15) is 0 Å². The minimum atomic E-state index is -0.391. The van der Waals surface area contributed by atoms with Crippen molar-refractivity contribution < 1.29 is 28.8 Å². The number of rotatable bonds is 15. The molecule has 218 valence electrons. The molecule has 4 atom stereocenters. The third kappa shape index (κ3) is 9.25. The summed E-state index contributed by atoms with van der Waals surface area (Å²) in [5.41, 5.74) is 3.78. The van der Waals surface area contributed by atoms with Crippen molar-refractivity contribution in [3.8, 4) is 11.1 Å². The Hall–Kier alpha value is -2.55. The lowest BCUT2D eigenvalue weighted by Gasteiger charge is -2.38. The quantitative estimate of drug-likeness (QED) is 0.144. The SMILES string of the molecule is COCOC(=O)CCC=CCC[C@@H]1[C@@H](N2CCOCC2)[C@H](O)C[C@@H]1OCCCc1ccc(-c2ccccc2)cc1. The fraction of sp³-hybridized carbons (Fsp3) is 0.545. The second-order valence-corrected chi connectivity index (χ2v) is 10.7. The lowest BCUT2D eigenvalue weighted by Crippen LogP contribution is -2.50. The molecule has 7 nitrogen and oxygen atoms in total. The van der Waals surface area contributed by atoms with Crippen molar-refractivity contribution in [2.75, 3.05) is 46.8 Å². The summed E-state index contributed by atoms with van der Waals surface area (Å²) in [7, 11) is 1.50. The van der Waals surface area contributed by atoms with Crippen LogP contribution in [0.5, 0.6) is 0 Å².